The van der Waals surface area contributed by atoms with Crippen LogP contribution in [0.2, 0.25) is 0 Å². The van der Waals surface area contributed by atoms with Crippen LogP contribution in [0.1, 0.15) is 5.56 Å². The highest BCUT2D eigenvalue weighted by atomic mass is 19.1. The molecule has 0 aliphatic carbocycles. The molecule has 2 aromatic rings. The van der Waals surface area contributed by atoms with Crippen molar-refractivity contribution < 1.29 is 14.4 Å². The van der Waals surface area contributed by atoms with Crippen molar-refractivity contribution in [2.24, 2.45) is 0 Å². The number of nitrogens with one attached hydrogen (secondary N) is 1. The van der Waals surface area contributed by atoms with Crippen molar-refractivity contribution in [2.45, 2.75) is 6.54 Å². The Kier molecular flexibility index (Phi) is 3.61. The number of hydrogen-bond acceptors (Lipinski definition) is 4. The van der Waals surface area contributed by atoms with Gasteiger partial charge in [0.1, 0.15) is 17.3 Å². The van der Waals surface area contributed by atoms with Gasteiger partial charge in [-0.3, -0.25) is 10.1 Å². The largest absolute Gasteiger partial charge is 0.508 e. The van der Waals surface area contributed by atoms with Crippen LogP contribution < -0.4 is 5.32 Å². The highest BCUT2D eigenvalue weighted by Gasteiger charge is 2.13. The molecular weight excluding hydrogens is 251 g/mol. The summed E-state index contributed by atoms with van der Waals surface area (Å²) in [6.07, 6.45) is 0. The molecular formula is C13H11FN2O3. The summed E-state index contributed by atoms with van der Waals surface area (Å²) in [5.41, 5.74) is 0.647. The quantitative estimate of drug-likeness (QED) is 0.656. The lowest BCUT2D eigenvalue weighted by molar-refractivity contribution is -0.384. The Morgan fingerprint density at radius 1 is 1.26 bits per heavy atom. The first-order valence-corrected chi connectivity index (χ1v) is 5.52. The molecule has 6 heteroatoms. The Bertz CT molecular complexity index is 617. The van der Waals surface area contributed by atoms with E-state index in [4.69, 9.17) is 0 Å². The van der Waals surface area contributed by atoms with Gasteiger partial charge >= 0.3 is 0 Å². The molecule has 0 fully saturated rings. The molecule has 0 atom stereocenters. The number of phenols is 1. The zero-order valence-electron chi connectivity index (χ0n) is 9.84. The van der Waals surface area contributed by atoms with Crippen molar-refractivity contribution in [1.29, 1.82) is 0 Å². The molecule has 2 N–H and O–H groups in total. The maximum absolute atomic E-state index is 13.1. The van der Waals surface area contributed by atoms with E-state index in [1.807, 2.05) is 0 Å². The fourth-order valence-corrected chi connectivity index (χ4v) is 1.67. The van der Waals surface area contributed by atoms with E-state index in [9.17, 15) is 19.6 Å². The molecule has 0 saturated carbocycles. The molecule has 0 amide bonds. The van der Waals surface area contributed by atoms with E-state index >= 15 is 0 Å². The Morgan fingerprint density at radius 3 is 2.74 bits per heavy atom. The van der Waals surface area contributed by atoms with E-state index < -0.39 is 10.7 Å². The maximum atomic E-state index is 13.1. The molecule has 0 unspecified atom stereocenters. The summed E-state index contributed by atoms with van der Waals surface area (Å²) in [5.74, 6) is -0.447. The van der Waals surface area contributed by atoms with Gasteiger partial charge in [0.25, 0.3) is 5.69 Å². The van der Waals surface area contributed by atoms with Gasteiger partial charge in [-0.15, -0.1) is 0 Å². The molecule has 0 radical (unpaired) electrons. The molecule has 0 bridgehead atoms. The van der Waals surface area contributed by atoms with Gasteiger partial charge in [-0.25, -0.2) is 4.39 Å². The minimum atomic E-state index is -0.579. The lowest BCUT2D eigenvalue weighted by Crippen LogP contribution is -2.03. The van der Waals surface area contributed by atoms with Gasteiger partial charge in [0.15, 0.2) is 0 Å². The van der Waals surface area contributed by atoms with Crippen molar-refractivity contribution >= 4 is 11.4 Å². The third-order valence-corrected chi connectivity index (χ3v) is 2.55. The topological polar surface area (TPSA) is 75.4 Å². The first-order chi connectivity index (χ1) is 9.06. The van der Waals surface area contributed by atoms with Crippen molar-refractivity contribution in [3.8, 4) is 5.75 Å². The first kappa shape index (κ1) is 12.8. The lowest BCUT2D eigenvalue weighted by Gasteiger charge is -2.07. The van der Waals surface area contributed by atoms with Gasteiger partial charge in [-0.1, -0.05) is 12.1 Å². The van der Waals surface area contributed by atoms with E-state index in [1.54, 1.807) is 12.1 Å². The monoisotopic (exact) mass is 262 g/mol. The van der Waals surface area contributed by atoms with Gasteiger partial charge in [0.2, 0.25) is 0 Å². The molecule has 0 aliphatic rings. The summed E-state index contributed by atoms with van der Waals surface area (Å²) in [5, 5.41) is 22.9. The molecule has 0 spiro atoms. The zero-order chi connectivity index (χ0) is 13.8. The number of nitro groups is 1. The molecule has 0 heterocycles. The Balaban J connectivity index is 2.19. The van der Waals surface area contributed by atoms with Gasteiger partial charge in [-0.05, 0) is 23.8 Å². The van der Waals surface area contributed by atoms with Crippen LogP contribution in [-0.4, -0.2) is 10.0 Å². The standard InChI is InChI=1S/C13H11FN2O3/c14-10-4-5-13(16(18)19)12(7-10)15-8-9-2-1-3-11(17)6-9/h1-7,15,17H,8H2. The van der Waals surface area contributed by atoms with Crippen molar-refractivity contribution in [3.05, 3.63) is 64.0 Å². The molecule has 19 heavy (non-hydrogen) atoms. The van der Waals surface area contributed by atoms with Crippen LogP contribution in [0.3, 0.4) is 0 Å². The number of anilines is 1. The number of halogens is 1. The number of rotatable bonds is 4. The SMILES string of the molecule is O=[N+]([O-])c1ccc(F)cc1NCc1cccc(O)c1. The minimum absolute atomic E-state index is 0.105. The highest BCUT2D eigenvalue weighted by molar-refractivity contribution is 5.61. The van der Waals surface area contributed by atoms with E-state index in [2.05, 4.69) is 5.32 Å². The molecule has 5 nitrogen and oxygen atoms in total. The van der Waals surface area contributed by atoms with Crippen LogP contribution in [0, 0.1) is 15.9 Å². The van der Waals surface area contributed by atoms with E-state index in [0.717, 1.165) is 23.8 Å². The molecule has 2 aromatic carbocycles. The zero-order valence-corrected chi connectivity index (χ0v) is 9.84. The second kappa shape index (κ2) is 5.34. The average molecular weight is 262 g/mol. The second-order valence-electron chi connectivity index (χ2n) is 3.94. The molecule has 0 aromatic heterocycles. The lowest BCUT2D eigenvalue weighted by atomic mass is 10.2. The number of nitro benzene ring substituents is 1. The van der Waals surface area contributed by atoms with Crippen LogP contribution in [0.4, 0.5) is 15.8 Å². The molecule has 98 valence electrons. The normalized spacial score (nSPS) is 10.2. The fraction of sp³-hybridized carbons (Fsp3) is 0.0769. The van der Waals surface area contributed by atoms with Crippen LogP contribution in [0.5, 0.6) is 5.75 Å². The van der Waals surface area contributed by atoms with E-state index in [1.165, 1.54) is 12.1 Å². The number of hydrogen-bond donors (Lipinski definition) is 2. The number of phenolic OH excluding ortho intramolecular Hbond substituents is 1. The summed E-state index contributed by atoms with van der Waals surface area (Å²) in [7, 11) is 0. The second-order valence-corrected chi connectivity index (χ2v) is 3.94. The first-order valence-electron chi connectivity index (χ1n) is 5.52. The smallest absolute Gasteiger partial charge is 0.292 e. The maximum Gasteiger partial charge on any atom is 0.292 e. The van der Waals surface area contributed by atoms with Gasteiger partial charge in [0.05, 0.1) is 4.92 Å². The summed E-state index contributed by atoms with van der Waals surface area (Å²) in [6, 6.07) is 9.68. The van der Waals surface area contributed by atoms with Crippen LogP contribution in [-0.2, 0) is 6.54 Å². The predicted octanol–water partition coefficient (Wildman–Crippen LogP) is 3.05. The van der Waals surface area contributed by atoms with Crippen LogP contribution in [0.15, 0.2) is 42.5 Å². The number of benzene rings is 2. The van der Waals surface area contributed by atoms with Crippen molar-refractivity contribution in [2.75, 3.05) is 5.32 Å². The predicted molar refractivity (Wildman–Crippen MR) is 68.5 cm³/mol. The Labute approximate surface area is 108 Å². The summed E-state index contributed by atoms with van der Waals surface area (Å²) < 4.78 is 13.1. The Morgan fingerprint density at radius 2 is 2.05 bits per heavy atom. The summed E-state index contributed by atoms with van der Waals surface area (Å²) in [6.45, 7) is 0.249. The Hall–Kier alpha value is -2.63. The molecule has 2 rings (SSSR count). The summed E-state index contributed by atoms with van der Waals surface area (Å²) >= 11 is 0. The fourth-order valence-electron chi connectivity index (χ4n) is 1.67. The van der Waals surface area contributed by atoms with Gasteiger partial charge in [0, 0.05) is 18.7 Å². The third kappa shape index (κ3) is 3.19. The average Bonchev–Trinajstić information content (AvgIpc) is 2.36. The summed E-state index contributed by atoms with van der Waals surface area (Å²) in [4.78, 5) is 10.2. The number of aromatic hydroxyl groups is 1. The highest BCUT2D eigenvalue weighted by Crippen LogP contribution is 2.25. The van der Waals surface area contributed by atoms with Crippen LogP contribution >= 0.6 is 0 Å². The molecule has 0 saturated heterocycles. The van der Waals surface area contributed by atoms with Crippen LogP contribution in [0.25, 0.3) is 0 Å². The minimum Gasteiger partial charge on any atom is -0.508 e. The van der Waals surface area contributed by atoms with E-state index in [-0.39, 0.29) is 23.7 Å². The van der Waals surface area contributed by atoms with Gasteiger partial charge in [-0.2, -0.15) is 0 Å². The molecule has 0 aliphatic heterocycles. The van der Waals surface area contributed by atoms with Gasteiger partial charge < -0.3 is 10.4 Å². The number of nitrogens with zero attached hydrogens (tertiary/aromatic N) is 1. The van der Waals surface area contributed by atoms with Crippen molar-refractivity contribution in [1.82, 2.24) is 0 Å². The third-order valence-electron chi connectivity index (χ3n) is 2.55. The van der Waals surface area contributed by atoms with Crippen molar-refractivity contribution in [3.63, 3.8) is 0 Å². The van der Waals surface area contributed by atoms with E-state index in [0.29, 0.717) is 0 Å².